The summed E-state index contributed by atoms with van der Waals surface area (Å²) in [4.78, 5) is 0. The number of hydrogen-bond acceptors (Lipinski definition) is 2. The van der Waals surface area contributed by atoms with Gasteiger partial charge in [-0.15, -0.1) is 0 Å². The Morgan fingerprint density at radius 1 is 0.765 bits per heavy atom. The lowest BCUT2D eigenvalue weighted by molar-refractivity contribution is 0.417. The van der Waals surface area contributed by atoms with Gasteiger partial charge in [0.1, 0.15) is 11.5 Å². The van der Waals surface area contributed by atoms with E-state index in [0.29, 0.717) is 8.58 Å². The van der Waals surface area contributed by atoms with Gasteiger partial charge in [-0.2, -0.15) is 0 Å². The van der Waals surface area contributed by atoms with E-state index in [-0.39, 0.29) is 1.43 Å². The minimum atomic E-state index is 0. The molecule has 17 heavy (non-hydrogen) atoms. The zero-order valence-electron chi connectivity index (χ0n) is 9.94. The van der Waals surface area contributed by atoms with Gasteiger partial charge < -0.3 is 9.47 Å². The molecule has 0 aliphatic rings. The molecule has 0 bridgehead atoms. The Morgan fingerprint density at radius 2 is 1.18 bits per heavy atom. The van der Waals surface area contributed by atoms with Gasteiger partial charge in [0.15, 0.2) is 0 Å². The summed E-state index contributed by atoms with van der Waals surface area (Å²) in [5.74, 6) is 1.86. The fraction of sp³-hybridized carbons (Fsp3) is 0.143. The monoisotopic (exact) mass is 248 g/mol. The van der Waals surface area contributed by atoms with Crippen LogP contribution in [0.5, 0.6) is 11.5 Å². The summed E-state index contributed by atoms with van der Waals surface area (Å²) in [7, 11) is 3.94. The second-order valence-corrected chi connectivity index (χ2v) is 4.85. The highest BCUT2D eigenvalue weighted by molar-refractivity contribution is 7.56. The van der Waals surface area contributed by atoms with Gasteiger partial charge in [-0.25, -0.2) is 0 Å². The van der Waals surface area contributed by atoms with Crippen LogP contribution in [0.3, 0.4) is 0 Å². The van der Waals surface area contributed by atoms with Crippen LogP contribution in [0, 0.1) is 0 Å². The zero-order valence-corrected chi connectivity index (χ0v) is 10.9. The van der Waals surface area contributed by atoms with Crippen molar-refractivity contribution in [1.82, 2.24) is 0 Å². The van der Waals surface area contributed by atoms with Gasteiger partial charge in [-0.05, 0) is 12.1 Å². The van der Waals surface area contributed by atoms with Crippen LogP contribution in [0.25, 0.3) is 0 Å². The van der Waals surface area contributed by atoms with E-state index >= 15 is 0 Å². The first-order valence-corrected chi connectivity index (χ1v) is 6.38. The molecule has 3 heteroatoms. The lowest BCUT2D eigenvalue weighted by atomic mass is 10.3. The molecule has 0 heterocycles. The van der Waals surface area contributed by atoms with Crippen molar-refractivity contribution in [2.45, 2.75) is 0 Å². The molecule has 0 unspecified atom stereocenters. The number of methoxy groups -OCH3 is 2. The molecule has 2 aromatic rings. The first-order valence-electron chi connectivity index (χ1n) is 5.38. The summed E-state index contributed by atoms with van der Waals surface area (Å²) >= 11 is 0. The summed E-state index contributed by atoms with van der Waals surface area (Å²) < 4.78 is 10.7. The smallest absolute Gasteiger partial charge is 0.126 e. The summed E-state index contributed by atoms with van der Waals surface area (Å²) in [6.07, 6.45) is 0. The van der Waals surface area contributed by atoms with Gasteiger partial charge in [0.25, 0.3) is 0 Å². The van der Waals surface area contributed by atoms with Crippen molar-refractivity contribution in [3.05, 3.63) is 48.5 Å². The highest BCUT2D eigenvalue weighted by Gasteiger charge is 2.06. The van der Waals surface area contributed by atoms with Crippen molar-refractivity contribution < 1.29 is 10.9 Å². The maximum Gasteiger partial charge on any atom is 0.126 e. The quantitative estimate of drug-likeness (QED) is 0.774. The predicted octanol–water partition coefficient (Wildman–Crippen LogP) is 2.58. The SMILES string of the molecule is COc1ccccc1Pc1ccccc1OC.[HH]. The lowest BCUT2D eigenvalue weighted by Gasteiger charge is -2.11. The molecule has 0 aliphatic carbocycles. The summed E-state index contributed by atoms with van der Waals surface area (Å²) in [6.45, 7) is 0. The molecule has 2 nitrogen and oxygen atoms in total. The number of benzene rings is 2. The molecule has 0 saturated carbocycles. The zero-order chi connectivity index (χ0) is 12.1. The topological polar surface area (TPSA) is 18.5 Å². The van der Waals surface area contributed by atoms with E-state index in [1.54, 1.807) is 14.2 Å². The van der Waals surface area contributed by atoms with Crippen LogP contribution in [-0.4, -0.2) is 14.2 Å². The molecule has 90 valence electrons. The molecule has 0 N–H and O–H groups in total. The number of rotatable bonds is 4. The lowest BCUT2D eigenvalue weighted by Crippen LogP contribution is -2.08. The number of hydrogen-bond donors (Lipinski definition) is 0. The molecule has 0 spiro atoms. The average molecular weight is 248 g/mol. The third-order valence-electron chi connectivity index (χ3n) is 2.48. The van der Waals surface area contributed by atoms with Crippen molar-refractivity contribution in [2.75, 3.05) is 14.2 Å². The van der Waals surface area contributed by atoms with Crippen molar-refractivity contribution in [1.29, 1.82) is 0 Å². The summed E-state index contributed by atoms with van der Waals surface area (Å²) in [5.41, 5.74) is 0. The second-order valence-electron chi connectivity index (χ2n) is 3.53. The Morgan fingerprint density at radius 3 is 1.59 bits per heavy atom. The Kier molecular flexibility index (Phi) is 4.00. The van der Waals surface area contributed by atoms with Crippen LogP contribution in [0.2, 0.25) is 0 Å². The molecule has 2 aromatic carbocycles. The number of para-hydroxylation sites is 2. The molecule has 0 radical (unpaired) electrons. The van der Waals surface area contributed by atoms with E-state index in [1.165, 1.54) is 10.6 Å². The largest absolute Gasteiger partial charge is 0.496 e. The Labute approximate surface area is 105 Å². The standard InChI is InChI=1S/C14H15O2P.H2/c1-15-11-7-3-5-9-13(11)17-14-10-6-4-8-12(14)16-2;/h3-10,17H,1-2H3;1H. The Bertz CT molecular complexity index is 457. The first-order chi connectivity index (χ1) is 8.35. The Hall–Kier alpha value is -1.53. The van der Waals surface area contributed by atoms with E-state index in [0.717, 1.165) is 11.5 Å². The molecular formula is C14H17O2P. The third-order valence-corrected chi connectivity index (χ3v) is 3.85. The van der Waals surface area contributed by atoms with E-state index < -0.39 is 0 Å². The van der Waals surface area contributed by atoms with Crippen molar-refractivity contribution in [3.63, 3.8) is 0 Å². The van der Waals surface area contributed by atoms with Gasteiger partial charge in [0.2, 0.25) is 0 Å². The molecule has 0 saturated heterocycles. The van der Waals surface area contributed by atoms with Crippen LogP contribution in [0.4, 0.5) is 0 Å². The minimum absolute atomic E-state index is 0. The maximum absolute atomic E-state index is 5.36. The van der Waals surface area contributed by atoms with Crippen LogP contribution in [0.15, 0.2) is 48.5 Å². The highest BCUT2D eigenvalue weighted by Crippen LogP contribution is 2.23. The van der Waals surface area contributed by atoms with Crippen LogP contribution < -0.4 is 20.1 Å². The summed E-state index contributed by atoms with van der Waals surface area (Å²) in [5, 5.41) is 2.39. The highest BCUT2D eigenvalue weighted by atomic mass is 31.1. The molecule has 0 aliphatic heterocycles. The minimum Gasteiger partial charge on any atom is -0.496 e. The second kappa shape index (κ2) is 5.70. The summed E-state index contributed by atoms with van der Waals surface area (Å²) in [6, 6.07) is 16.2. The molecule has 0 fully saturated rings. The van der Waals surface area contributed by atoms with Gasteiger partial charge in [0, 0.05) is 12.0 Å². The fourth-order valence-electron chi connectivity index (χ4n) is 1.64. The number of ether oxygens (including phenoxy) is 2. The third kappa shape index (κ3) is 2.78. The molecule has 0 aromatic heterocycles. The predicted molar refractivity (Wildman–Crippen MR) is 75.7 cm³/mol. The van der Waals surface area contributed by atoms with E-state index in [9.17, 15) is 0 Å². The van der Waals surface area contributed by atoms with E-state index in [2.05, 4.69) is 12.1 Å². The molecule has 2 rings (SSSR count). The van der Waals surface area contributed by atoms with Gasteiger partial charge in [0.05, 0.1) is 14.2 Å². The van der Waals surface area contributed by atoms with Gasteiger partial charge in [-0.1, -0.05) is 45.0 Å². The normalized spacial score (nSPS) is 10.0. The van der Waals surface area contributed by atoms with Gasteiger partial charge in [-0.3, -0.25) is 0 Å². The van der Waals surface area contributed by atoms with Crippen molar-refractivity contribution >= 4 is 19.2 Å². The molecule has 0 atom stereocenters. The maximum atomic E-state index is 5.36. The van der Waals surface area contributed by atoms with Gasteiger partial charge >= 0.3 is 0 Å². The van der Waals surface area contributed by atoms with E-state index in [4.69, 9.17) is 9.47 Å². The average Bonchev–Trinajstić information content (AvgIpc) is 2.40. The first kappa shape index (κ1) is 11.9. The van der Waals surface area contributed by atoms with Crippen LogP contribution in [-0.2, 0) is 0 Å². The fourth-order valence-corrected chi connectivity index (χ4v) is 2.91. The van der Waals surface area contributed by atoms with Crippen molar-refractivity contribution in [3.8, 4) is 11.5 Å². The van der Waals surface area contributed by atoms with Crippen molar-refractivity contribution in [2.24, 2.45) is 0 Å². The molecule has 0 amide bonds. The van der Waals surface area contributed by atoms with E-state index in [1.807, 2.05) is 36.4 Å². The van der Waals surface area contributed by atoms with Crippen LogP contribution >= 0.6 is 8.58 Å². The Balaban J connectivity index is 0.00000162. The molecular weight excluding hydrogens is 231 g/mol. The van der Waals surface area contributed by atoms with Crippen LogP contribution in [0.1, 0.15) is 1.43 Å².